The van der Waals surface area contributed by atoms with E-state index in [1.807, 2.05) is 30.3 Å². The monoisotopic (exact) mass is 443 g/mol. The molecule has 0 bridgehead atoms. The van der Waals surface area contributed by atoms with Crippen molar-refractivity contribution >= 4 is 5.91 Å². The zero-order valence-corrected chi connectivity index (χ0v) is 20.3. The lowest BCUT2D eigenvalue weighted by Crippen LogP contribution is -2.51. The van der Waals surface area contributed by atoms with Crippen LogP contribution in [0.25, 0.3) is 0 Å². The van der Waals surface area contributed by atoms with Crippen LogP contribution in [0.4, 0.5) is 0 Å². The van der Waals surface area contributed by atoms with Crippen molar-refractivity contribution < 1.29 is 14.6 Å². The van der Waals surface area contributed by atoms with Gasteiger partial charge in [-0.25, -0.2) is 0 Å². The van der Waals surface area contributed by atoms with Crippen LogP contribution in [0.3, 0.4) is 0 Å². The maximum absolute atomic E-state index is 13.1. The molecular formula is C28H45NO3. The minimum absolute atomic E-state index is 0.174. The van der Waals surface area contributed by atoms with Crippen LogP contribution < -0.4 is 0 Å². The number of carbonyl (C=O) groups excluding carboxylic acids is 1. The molecule has 1 aromatic carbocycles. The zero-order valence-electron chi connectivity index (χ0n) is 20.3. The van der Waals surface area contributed by atoms with E-state index in [2.05, 4.69) is 13.5 Å². The number of rotatable bonds is 16. The zero-order chi connectivity index (χ0) is 23.1. The highest BCUT2D eigenvalue weighted by atomic mass is 16.5. The Bertz CT molecular complexity index is 641. The molecule has 2 atom stereocenters. The Labute approximate surface area is 196 Å². The van der Waals surface area contributed by atoms with Gasteiger partial charge in [0.1, 0.15) is 0 Å². The van der Waals surface area contributed by atoms with E-state index in [1.54, 1.807) is 4.90 Å². The average molecular weight is 444 g/mol. The standard InChI is InChI=1S/C28H45NO3/c1-3-5-6-7-8-9-10-15-20-26(32-24-25-18-13-11-14-19-25)23-28(31,4-2)27(30)29-21-16-12-17-22-29/h4,11,13-14,18-19,26,31H,2-3,5-10,12,15-17,20-24H2,1H3/t26-,28-/m0/s1. The summed E-state index contributed by atoms with van der Waals surface area (Å²) in [7, 11) is 0. The first-order valence-electron chi connectivity index (χ1n) is 12.9. The van der Waals surface area contributed by atoms with Crippen molar-refractivity contribution in [1.82, 2.24) is 4.90 Å². The number of hydrogen-bond donors (Lipinski definition) is 1. The number of hydrogen-bond acceptors (Lipinski definition) is 3. The number of nitrogens with zero attached hydrogens (tertiary/aromatic N) is 1. The molecule has 1 aliphatic rings. The highest BCUT2D eigenvalue weighted by Gasteiger charge is 2.39. The van der Waals surface area contributed by atoms with Crippen LogP contribution in [-0.4, -0.2) is 40.7 Å². The minimum atomic E-state index is -1.56. The number of piperidine rings is 1. The number of amides is 1. The van der Waals surface area contributed by atoms with Gasteiger partial charge < -0.3 is 14.7 Å². The number of benzene rings is 1. The molecule has 0 aliphatic carbocycles. The van der Waals surface area contributed by atoms with E-state index in [9.17, 15) is 9.90 Å². The first kappa shape index (κ1) is 26.6. The molecule has 0 aromatic heterocycles. The van der Waals surface area contributed by atoms with Gasteiger partial charge in [0.2, 0.25) is 0 Å². The maximum Gasteiger partial charge on any atom is 0.258 e. The quantitative estimate of drug-likeness (QED) is 0.237. The van der Waals surface area contributed by atoms with E-state index in [0.717, 1.165) is 50.8 Å². The second-order valence-corrected chi connectivity index (χ2v) is 9.37. The van der Waals surface area contributed by atoms with Crippen molar-refractivity contribution in [3.63, 3.8) is 0 Å². The van der Waals surface area contributed by atoms with Crippen molar-refractivity contribution in [3.8, 4) is 0 Å². The van der Waals surface area contributed by atoms with Crippen molar-refractivity contribution in [3.05, 3.63) is 48.6 Å². The molecule has 4 heteroatoms. The Kier molecular flexibility index (Phi) is 12.7. The van der Waals surface area contributed by atoms with Gasteiger partial charge in [0.15, 0.2) is 5.60 Å². The molecule has 4 nitrogen and oxygen atoms in total. The molecule has 0 radical (unpaired) electrons. The molecule has 1 aliphatic heterocycles. The molecular weight excluding hydrogens is 398 g/mol. The largest absolute Gasteiger partial charge is 0.376 e. The summed E-state index contributed by atoms with van der Waals surface area (Å²) in [6.45, 7) is 8.00. The number of unbranched alkanes of at least 4 members (excludes halogenated alkanes) is 7. The Balaban J connectivity index is 1.90. The first-order valence-corrected chi connectivity index (χ1v) is 12.9. The summed E-state index contributed by atoms with van der Waals surface area (Å²) in [4.78, 5) is 14.9. The molecule has 1 fully saturated rings. The number of carbonyl (C=O) groups is 1. The summed E-state index contributed by atoms with van der Waals surface area (Å²) >= 11 is 0. The SMILES string of the molecule is C=C[C@](O)(C[C@H](CCCCCCCCCC)OCc1ccccc1)C(=O)N1CCCCC1. The molecule has 32 heavy (non-hydrogen) atoms. The van der Waals surface area contributed by atoms with Crippen LogP contribution in [0.5, 0.6) is 0 Å². The summed E-state index contributed by atoms with van der Waals surface area (Å²) in [6.07, 6.45) is 15.6. The van der Waals surface area contributed by atoms with Crippen LogP contribution in [-0.2, 0) is 16.1 Å². The fourth-order valence-electron chi connectivity index (χ4n) is 4.51. The summed E-state index contributed by atoms with van der Waals surface area (Å²) < 4.78 is 6.24. The van der Waals surface area contributed by atoms with E-state index in [1.165, 1.54) is 51.0 Å². The number of ether oxygens (including phenoxy) is 1. The predicted molar refractivity (Wildman–Crippen MR) is 132 cm³/mol. The molecule has 1 aromatic rings. The third-order valence-electron chi connectivity index (χ3n) is 6.60. The van der Waals surface area contributed by atoms with E-state index in [0.29, 0.717) is 6.61 Å². The Morgan fingerprint density at radius 2 is 1.69 bits per heavy atom. The van der Waals surface area contributed by atoms with Crippen LogP contribution in [0.1, 0.15) is 96.0 Å². The molecule has 180 valence electrons. The minimum Gasteiger partial charge on any atom is -0.376 e. The van der Waals surface area contributed by atoms with Gasteiger partial charge in [0.25, 0.3) is 5.91 Å². The molecule has 0 spiro atoms. The maximum atomic E-state index is 13.1. The number of likely N-dealkylation sites (tertiary alicyclic amines) is 1. The lowest BCUT2D eigenvalue weighted by atomic mass is 9.91. The Morgan fingerprint density at radius 3 is 2.31 bits per heavy atom. The molecule has 1 heterocycles. The molecule has 1 amide bonds. The van der Waals surface area contributed by atoms with Crippen LogP contribution in [0.15, 0.2) is 43.0 Å². The summed E-state index contributed by atoms with van der Waals surface area (Å²) in [5, 5.41) is 11.2. The molecule has 0 unspecified atom stereocenters. The van der Waals surface area contributed by atoms with Gasteiger partial charge in [-0.05, 0) is 31.2 Å². The average Bonchev–Trinajstić information content (AvgIpc) is 2.84. The van der Waals surface area contributed by atoms with Gasteiger partial charge in [0, 0.05) is 19.5 Å². The van der Waals surface area contributed by atoms with Crippen LogP contribution >= 0.6 is 0 Å². The second-order valence-electron chi connectivity index (χ2n) is 9.37. The summed E-state index contributed by atoms with van der Waals surface area (Å²) in [5.74, 6) is -0.212. The predicted octanol–water partition coefficient (Wildman–Crippen LogP) is 6.42. The van der Waals surface area contributed by atoms with Gasteiger partial charge in [-0.3, -0.25) is 4.79 Å². The van der Waals surface area contributed by atoms with Gasteiger partial charge in [-0.2, -0.15) is 0 Å². The van der Waals surface area contributed by atoms with Gasteiger partial charge in [-0.1, -0.05) is 101 Å². The van der Waals surface area contributed by atoms with Gasteiger partial charge in [-0.15, -0.1) is 0 Å². The Morgan fingerprint density at radius 1 is 1.06 bits per heavy atom. The smallest absolute Gasteiger partial charge is 0.258 e. The van der Waals surface area contributed by atoms with Crippen LogP contribution in [0.2, 0.25) is 0 Å². The van der Waals surface area contributed by atoms with Crippen molar-refractivity contribution in [2.45, 2.75) is 109 Å². The highest BCUT2D eigenvalue weighted by Crippen LogP contribution is 2.25. The summed E-state index contributed by atoms with van der Waals surface area (Å²) in [6, 6.07) is 10.1. The van der Waals surface area contributed by atoms with E-state index in [4.69, 9.17) is 4.74 Å². The topological polar surface area (TPSA) is 49.8 Å². The Hall–Kier alpha value is -1.65. The molecule has 0 saturated carbocycles. The third kappa shape index (κ3) is 9.46. The molecule has 2 rings (SSSR count). The normalized spacial score (nSPS) is 17.0. The lowest BCUT2D eigenvalue weighted by molar-refractivity contribution is -0.151. The van der Waals surface area contributed by atoms with Gasteiger partial charge >= 0.3 is 0 Å². The molecule has 1 N–H and O–H groups in total. The third-order valence-corrected chi connectivity index (χ3v) is 6.60. The van der Waals surface area contributed by atoms with E-state index in [-0.39, 0.29) is 18.4 Å². The van der Waals surface area contributed by atoms with E-state index < -0.39 is 5.60 Å². The van der Waals surface area contributed by atoms with Crippen molar-refractivity contribution in [2.24, 2.45) is 0 Å². The van der Waals surface area contributed by atoms with Gasteiger partial charge in [0.05, 0.1) is 12.7 Å². The van der Waals surface area contributed by atoms with E-state index >= 15 is 0 Å². The fourth-order valence-corrected chi connectivity index (χ4v) is 4.51. The second kappa shape index (κ2) is 15.2. The lowest BCUT2D eigenvalue weighted by Gasteiger charge is -2.35. The summed E-state index contributed by atoms with van der Waals surface area (Å²) in [5.41, 5.74) is -0.448. The fraction of sp³-hybridized carbons (Fsp3) is 0.679. The van der Waals surface area contributed by atoms with Crippen molar-refractivity contribution in [1.29, 1.82) is 0 Å². The number of aliphatic hydroxyl groups is 1. The highest BCUT2D eigenvalue weighted by molar-refractivity contribution is 5.87. The first-order chi connectivity index (χ1) is 15.6. The van der Waals surface area contributed by atoms with Crippen LogP contribution in [0, 0.1) is 0 Å². The van der Waals surface area contributed by atoms with Crippen molar-refractivity contribution in [2.75, 3.05) is 13.1 Å². The molecule has 1 saturated heterocycles.